The van der Waals surface area contributed by atoms with Crippen molar-refractivity contribution in [1.82, 2.24) is 15.2 Å². The fraction of sp³-hybridized carbons (Fsp3) is 0.240. The lowest BCUT2D eigenvalue weighted by Crippen LogP contribution is -2.50. The van der Waals surface area contributed by atoms with Gasteiger partial charge in [0.1, 0.15) is 5.82 Å². The molecule has 7 nitrogen and oxygen atoms in total. The van der Waals surface area contributed by atoms with Crippen molar-refractivity contribution in [1.29, 1.82) is 0 Å². The third-order valence-electron chi connectivity index (χ3n) is 5.69. The molecule has 0 spiro atoms. The number of nitrogens with zero attached hydrogens (tertiary/aromatic N) is 3. The maximum Gasteiger partial charge on any atom is 0.313 e. The number of amides is 2. The average Bonchev–Trinajstić information content (AvgIpc) is 2.85. The number of halogens is 1. The van der Waals surface area contributed by atoms with Crippen LogP contribution in [0.2, 0.25) is 0 Å². The van der Waals surface area contributed by atoms with E-state index in [2.05, 4.69) is 37.6 Å². The van der Waals surface area contributed by atoms with E-state index in [4.69, 9.17) is 0 Å². The highest BCUT2D eigenvalue weighted by Gasteiger charge is 2.26. The molecule has 0 aliphatic carbocycles. The first kappa shape index (κ1) is 22.4. The predicted molar refractivity (Wildman–Crippen MR) is 125 cm³/mol. The minimum atomic E-state index is -0.834. The van der Waals surface area contributed by atoms with Gasteiger partial charge in [0, 0.05) is 56.5 Å². The van der Waals surface area contributed by atoms with Gasteiger partial charge in [0.05, 0.1) is 6.04 Å². The molecule has 2 heterocycles. The number of hydrogen-bond acceptors (Lipinski definition) is 5. The van der Waals surface area contributed by atoms with Crippen LogP contribution < -0.4 is 15.5 Å². The van der Waals surface area contributed by atoms with E-state index in [1.54, 1.807) is 12.4 Å². The van der Waals surface area contributed by atoms with Gasteiger partial charge in [-0.15, -0.1) is 0 Å². The zero-order chi connectivity index (χ0) is 23.0. The van der Waals surface area contributed by atoms with Gasteiger partial charge in [-0.25, -0.2) is 4.39 Å². The Balaban J connectivity index is 1.38. The molecule has 1 aliphatic rings. The average molecular weight is 448 g/mol. The maximum absolute atomic E-state index is 13.3. The number of carbonyl (C=O) groups excluding carboxylic acids is 2. The molecule has 1 fully saturated rings. The van der Waals surface area contributed by atoms with Gasteiger partial charge in [0.25, 0.3) is 0 Å². The molecule has 8 heteroatoms. The summed E-state index contributed by atoms with van der Waals surface area (Å²) in [5, 5.41) is 5.15. The summed E-state index contributed by atoms with van der Waals surface area (Å²) in [4.78, 5) is 33.6. The molecule has 1 atom stereocenters. The van der Waals surface area contributed by atoms with Gasteiger partial charge in [0.2, 0.25) is 0 Å². The second-order valence-corrected chi connectivity index (χ2v) is 7.84. The highest BCUT2D eigenvalue weighted by Crippen LogP contribution is 2.23. The number of para-hydroxylation sites is 1. The molecule has 2 amide bonds. The van der Waals surface area contributed by atoms with E-state index in [0.29, 0.717) is 0 Å². The first-order valence-electron chi connectivity index (χ1n) is 10.9. The van der Waals surface area contributed by atoms with Crippen molar-refractivity contribution in [3.63, 3.8) is 0 Å². The molecule has 4 rings (SSSR count). The quantitative estimate of drug-likeness (QED) is 0.569. The van der Waals surface area contributed by atoms with Gasteiger partial charge < -0.3 is 15.5 Å². The third kappa shape index (κ3) is 5.93. The number of rotatable bonds is 6. The minimum absolute atomic E-state index is 0.123. The fourth-order valence-electron chi connectivity index (χ4n) is 3.99. The Morgan fingerprint density at radius 1 is 0.939 bits per heavy atom. The Bertz CT molecular complexity index is 1070. The molecule has 0 saturated carbocycles. The lowest BCUT2D eigenvalue weighted by atomic mass is 10.1. The number of carbonyl (C=O) groups is 2. The Morgan fingerprint density at radius 2 is 1.73 bits per heavy atom. The molecule has 1 saturated heterocycles. The number of nitrogens with one attached hydrogen (secondary N) is 2. The van der Waals surface area contributed by atoms with E-state index < -0.39 is 17.6 Å². The van der Waals surface area contributed by atoms with Crippen LogP contribution in [0.5, 0.6) is 0 Å². The lowest BCUT2D eigenvalue weighted by Gasteiger charge is -2.40. The Labute approximate surface area is 192 Å². The predicted octanol–water partition coefficient (Wildman–Crippen LogP) is 2.84. The number of pyridine rings is 1. The van der Waals surface area contributed by atoms with Crippen LogP contribution in [-0.2, 0) is 9.59 Å². The van der Waals surface area contributed by atoms with Crippen molar-refractivity contribution < 1.29 is 14.0 Å². The van der Waals surface area contributed by atoms with Gasteiger partial charge in [-0.1, -0.05) is 30.3 Å². The highest BCUT2D eigenvalue weighted by atomic mass is 19.1. The van der Waals surface area contributed by atoms with Crippen molar-refractivity contribution in [2.45, 2.75) is 6.04 Å². The lowest BCUT2D eigenvalue weighted by molar-refractivity contribution is -0.136. The van der Waals surface area contributed by atoms with Crippen LogP contribution in [0.4, 0.5) is 15.8 Å². The third-order valence-corrected chi connectivity index (χ3v) is 5.69. The Hall–Kier alpha value is -3.78. The van der Waals surface area contributed by atoms with E-state index >= 15 is 0 Å². The first-order valence-corrected chi connectivity index (χ1v) is 10.9. The molecule has 3 aromatic rings. The van der Waals surface area contributed by atoms with Crippen molar-refractivity contribution in [3.05, 3.63) is 90.5 Å². The van der Waals surface area contributed by atoms with Crippen molar-refractivity contribution in [3.8, 4) is 0 Å². The number of hydrogen-bond donors (Lipinski definition) is 2. The van der Waals surface area contributed by atoms with E-state index in [-0.39, 0.29) is 18.3 Å². The summed E-state index contributed by atoms with van der Waals surface area (Å²) >= 11 is 0. The van der Waals surface area contributed by atoms with Crippen molar-refractivity contribution >= 4 is 23.2 Å². The van der Waals surface area contributed by atoms with Gasteiger partial charge in [0.15, 0.2) is 0 Å². The van der Waals surface area contributed by atoms with E-state index in [1.165, 1.54) is 23.9 Å². The van der Waals surface area contributed by atoms with Gasteiger partial charge >= 0.3 is 11.8 Å². The van der Waals surface area contributed by atoms with Gasteiger partial charge in [-0.05, 0) is 42.0 Å². The zero-order valence-electron chi connectivity index (χ0n) is 18.2. The topological polar surface area (TPSA) is 77.6 Å². The van der Waals surface area contributed by atoms with Crippen LogP contribution in [0.25, 0.3) is 0 Å². The van der Waals surface area contributed by atoms with Crippen molar-refractivity contribution in [2.24, 2.45) is 0 Å². The SMILES string of the molecule is O=C(NC[C@@H](c1cccnc1)N1CCN(c2ccccc2)CC1)C(=O)Nc1cccc(F)c1. The van der Waals surface area contributed by atoms with E-state index in [1.807, 2.05) is 30.3 Å². The molecule has 2 aromatic carbocycles. The minimum Gasteiger partial charge on any atom is -0.369 e. The highest BCUT2D eigenvalue weighted by molar-refractivity contribution is 6.39. The molecular formula is C25H26FN5O2. The summed E-state index contributed by atoms with van der Waals surface area (Å²) in [6, 6.07) is 19.4. The van der Waals surface area contributed by atoms with Crippen LogP contribution in [0.3, 0.4) is 0 Å². The van der Waals surface area contributed by atoms with Crippen molar-refractivity contribution in [2.75, 3.05) is 42.9 Å². The number of anilines is 2. The molecule has 0 radical (unpaired) electrons. The molecule has 2 N–H and O–H groups in total. The Morgan fingerprint density at radius 3 is 2.42 bits per heavy atom. The standard InChI is InChI=1S/C25H26FN5O2/c26-20-7-4-8-21(16-20)29-25(33)24(32)28-18-23(19-6-5-11-27-17-19)31-14-12-30(13-15-31)22-9-2-1-3-10-22/h1-11,16-17,23H,12-15,18H2,(H,28,32)(H,29,33)/t23-/m0/s1. The van der Waals surface area contributed by atoms with Gasteiger partial charge in [-0.3, -0.25) is 19.5 Å². The van der Waals surface area contributed by atoms with Crippen LogP contribution in [0.15, 0.2) is 79.1 Å². The van der Waals surface area contributed by atoms with E-state index in [9.17, 15) is 14.0 Å². The normalized spacial score (nSPS) is 15.0. The molecule has 33 heavy (non-hydrogen) atoms. The van der Waals surface area contributed by atoms with Crippen LogP contribution in [0, 0.1) is 5.82 Å². The van der Waals surface area contributed by atoms with Gasteiger partial charge in [-0.2, -0.15) is 0 Å². The molecular weight excluding hydrogens is 421 g/mol. The monoisotopic (exact) mass is 447 g/mol. The fourth-order valence-corrected chi connectivity index (χ4v) is 3.99. The molecule has 0 unspecified atom stereocenters. The van der Waals surface area contributed by atoms with Crippen LogP contribution in [0.1, 0.15) is 11.6 Å². The van der Waals surface area contributed by atoms with Crippen LogP contribution >= 0.6 is 0 Å². The summed E-state index contributed by atoms with van der Waals surface area (Å²) < 4.78 is 13.3. The zero-order valence-corrected chi connectivity index (χ0v) is 18.2. The number of piperazine rings is 1. The number of aromatic nitrogens is 1. The second-order valence-electron chi connectivity index (χ2n) is 7.84. The van der Waals surface area contributed by atoms with Crippen LogP contribution in [-0.4, -0.2) is 54.4 Å². The Kier molecular flexibility index (Phi) is 7.26. The summed E-state index contributed by atoms with van der Waals surface area (Å²) in [6.07, 6.45) is 3.49. The summed E-state index contributed by atoms with van der Waals surface area (Å²) in [5.74, 6) is -2.09. The summed E-state index contributed by atoms with van der Waals surface area (Å²) in [6.45, 7) is 3.58. The molecule has 1 aromatic heterocycles. The van der Waals surface area contributed by atoms with E-state index in [0.717, 1.165) is 37.8 Å². The summed E-state index contributed by atoms with van der Waals surface area (Å²) in [7, 11) is 0. The molecule has 170 valence electrons. The second kappa shape index (κ2) is 10.7. The smallest absolute Gasteiger partial charge is 0.313 e. The summed E-state index contributed by atoms with van der Waals surface area (Å²) in [5.41, 5.74) is 2.39. The first-order chi connectivity index (χ1) is 16.1. The molecule has 1 aliphatic heterocycles. The number of benzene rings is 2. The maximum atomic E-state index is 13.3. The largest absolute Gasteiger partial charge is 0.369 e. The molecule has 0 bridgehead atoms.